The number of hydrogen-bond donors (Lipinski definition) is 2. The van der Waals surface area contributed by atoms with Gasteiger partial charge in [-0.2, -0.15) is 0 Å². The molecule has 0 aliphatic carbocycles. The monoisotopic (exact) mass is 293 g/mol. The van der Waals surface area contributed by atoms with E-state index in [-0.39, 0.29) is 24.7 Å². The Balaban J connectivity index is 1.82. The van der Waals surface area contributed by atoms with Crippen molar-refractivity contribution >= 4 is 8.25 Å². The molecule has 6 heteroatoms. The second-order valence-corrected chi connectivity index (χ2v) is 4.99. The van der Waals surface area contributed by atoms with Crippen LogP contribution in [0.4, 0.5) is 0 Å². The van der Waals surface area contributed by atoms with Crippen LogP contribution in [0.25, 0.3) is 0 Å². The third-order valence-electron chi connectivity index (χ3n) is 2.63. The van der Waals surface area contributed by atoms with Crippen molar-refractivity contribution in [2.24, 2.45) is 0 Å². The Bertz CT molecular complexity index is 548. The second kappa shape index (κ2) is 7.01. The molecule has 0 aromatic heterocycles. The molecule has 2 aromatic carbocycles. The molecule has 0 aliphatic rings. The minimum atomic E-state index is -2.32. The Morgan fingerprint density at radius 1 is 0.800 bits per heavy atom. The van der Waals surface area contributed by atoms with Crippen molar-refractivity contribution in [3.63, 3.8) is 0 Å². The molecule has 0 atom stereocenters. The molecule has 0 aliphatic heterocycles. The third kappa shape index (κ3) is 4.03. The van der Waals surface area contributed by atoms with Crippen LogP contribution < -0.4 is 0 Å². The van der Waals surface area contributed by atoms with E-state index in [1.165, 1.54) is 12.1 Å². The Kier molecular flexibility index (Phi) is 5.07. The lowest BCUT2D eigenvalue weighted by Crippen LogP contribution is -1.90. The molecule has 0 fully saturated rings. The van der Waals surface area contributed by atoms with E-state index in [0.29, 0.717) is 11.1 Å². The van der Waals surface area contributed by atoms with Crippen molar-refractivity contribution in [3.8, 4) is 11.5 Å². The third-order valence-corrected chi connectivity index (χ3v) is 3.31. The number of phenols is 2. The summed E-state index contributed by atoms with van der Waals surface area (Å²) in [7, 11) is -2.32. The van der Waals surface area contributed by atoms with Gasteiger partial charge in [0.1, 0.15) is 24.7 Å². The summed E-state index contributed by atoms with van der Waals surface area (Å²) in [5, 5.41) is 19.0. The summed E-state index contributed by atoms with van der Waals surface area (Å²) in [4.78, 5) is 0. The molecule has 2 N–H and O–H groups in total. The average Bonchev–Trinajstić information content (AvgIpc) is 2.45. The highest BCUT2D eigenvalue weighted by Gasteiger charge is 2.22. The topological polar surface area (TPSA) is 76.0 Å². The van der Waals surface area contributed by atoms with Gasteiger partial charge in [-0.1, -0.05) is 36.4 Å². The van der Waals surface area contributed by atoms with Crippen LogP contribution in [0.5, 0.6) is 11.5 Å². The summed E-state index contributed by atoms with van der Waals surface area (Å²) in [6, 6.07) is 13.2. The number of phenolic OH excluding ortho intramolecular Hbond substituents is 2. The molecule has 0 saturated carbocycles. The largest absolute Gasteiger partial charge is 0.698 e. The SMILES string of the molecule is O=[P+](OCc1ccccc1O)OCc1ccccc1O. The van der Waals surface area contributed by atoms with E-state index < -0.39 is 8.25 Å². The highest BCUT2D eigenvalue weighted by Crippen LogP contribution is 2.30. The van der Waals surface area contributed by atoms with Gasteiger partial charge in [-0.25, -0.2) is 0 Å². The molecular weight excluding hydrogens is 279 g/mol. The number of rotatable bonds is 6. The van der Waals surface area contributed by atoms with Crippen molar-refractivity contribution in [1.29, 1.82) is 0 Å². The minimum Gasteiger partial charge on any atom is -0.508 e. The van der Waals surface area contributed by atoms with Crippen LogP contribution >= 0.6 is 8.25 Å². The predicted octanol–water partition coefficient (Wildman–Crippen LogP) is 3.49. The maximum atomic E-state index is 11.6. The van der Waals surface area contributed by atoms with Gasteiger partial charge in [0.05, 0.1) is 0 Å². The Morgan fingerprint density at radius 2 is 1.20 bits per heavy atom. The van der Waals surface area contributed by atoms with Crippen LogP contribution in [0.1, 0.15) is 11.1 Å². The van der Waals surface area contributed by atoms with Crippen LogP contribution in [-0.4, -0.2) is 10.2 Å². The van der Waals surface area contributed by atoms with E-state index in [0.717, 1.165) is 0 Å². The minimum absolute atomic E-state index is 0.0113. The van der Waals surface area contributed by atoms with Gasteiger partial charge >= 0.3 is 8.25 Å². The Morgan fingerprint density at radius 3 is 1.60 bits per heavy atom. The zero-order valence-corrected chi connectivity index (χ0v) is 11.5. The summed E-state index contributed by atoms with van der Waals surface area (Å²) in [5.41, 5.74) is 1.06. The van der Waals surface area contributed by atoms with Crippen LogP contribution in [0.2, 0.25) is 0 Å². The van der Waals surface area contributed by atoms with Gasteiger partial charge in [0.15, 0.2) is 0 Å². The fourth-order valence-corrected chi connectivity index (χ4v) is 2.11. The Hall–Kier alpha value is -1.94. The van der Waals surface area contributed by atoms with Gasteiger partial charge in [-0.3, -0.25) is 0 Å². The van der Waals surface area contributed by atoms with Gasteiger partial charge in [0.25, 0.3) is 0 Å². The molecule has 0 spiro atoms. The fraction of sp³-hybridized carbons (Fsp3) is 0.143. The molecule has 0 heterocycles. The average molecular weight is 293 g/mol. The zero-order chi connectivity index (χ0) is 14.4. The smallest absolute Gasteiger partial charge is 0.508 e. The van der Waals surface area contributed by atoms with Crippen molar-refractivity contribution in [1.82, 2.24) is 0 Å². The summed E-state index contributed by atoms with van der Waals surface area (Å²) in [6.45, 7) is -0.0225. The van der Waals surface area contributed by atoms with Gasteiger partial charge < -0.3 is 10.2 Å². The van der Waals surface area contributed by atoms with Crippen LogP contribution in [0.15, 0.2) is 48.5 Å². The molecule has 2 rings (SSSR count). The molecule has 0 bridgehead atoms. The van der Waals surface area contributed by atoms with E-state index in [1.54, 1.807) is 36.4 Å². The van der Waals surface area contributed by atoms with Crippen molar-refractivity contribution < 1.29 is 23.8 Å². The van der Waals surface area contributed by atoms with Crippen LogP contribution in [0, 0.1) is 0 Å². The maximum Gasteiger partial charge on any atom is 0.698 e. The molecule has 0 unspecified atom stereocenters. The van der Waals surface area contributed by atoms with E-state index in [1.807, 2.05) is 0 Å². The van der Waals surface area contributed by atoms with Gasteiger partial charge in [0.2, 0.25) is 0 Å². The molecular formula is C14H14O5P+. The summed E-state index contributed by atoms with van der Waals surface area (Å²) in [5.74, 6) is 0.160. The molecule has 0 radical (unpaired) electrons. The van der Waals surface area contributed by atoms with E-state index >= 15 is 0 Å². The second-order valence-electron chi connectivity index (χ2n) is 4.03. The maximum absolute atomic E-state index is 11.6. The first kappa shape index (κ1) is 14.5. The highest BCUT2D eigenvalue weighted by atomic mass is 31.1. The first-order valence-corrected chi connectivity index (χ1v) is 7.03. The standard InChI is InChI=1S/C14H13O5P/c15-13-7-3-1-5-11(13)9-18-20(17)19-10-12-6-2-4-8-14(12)16/h1-8H,9-10H2,(H-,15,16)/p+1. The molecule has 0 amide bonds. The molecule has 104 valence electrons. The molecule has 0 saturated heterocycles. The van der Waals surface area contributed by atoms with Gasteiger partial charge in [-0.05, 0) is 12.1 Å². The summed E-state index contributed by atoms with van der Waals surface area (Å²) < 4.78 is 21.6. The van der Waals surface area contributed by atoms with Gasteiger partial charge in [0, 0.05) is 15.7 Å². The lowest BCUT2D eigenvalue weighted by atomic mass is 10.2. The number of hydrogen-bond acceptors (Lipinski definition) is 5. The van der Waals surface area contributed by atoms with Crippen molar-refractivity contribution in [2.45, 2.75) is 13.2 Å². The normalized spacial score (nSPS) is 10.4. The van der Waals surface area contributed by atoms with Crippen molar-refractivity contribution in [2.75, 3.05) is 0 Å². The summed E-state index contributed by atoms with van der Waals surface area (Å²) in [6.07, 6.45) is 0. The van der Waals surface area contributed by atoms with Crippen LogP contribution in [0.3, 0.4) is 0 Å². The fourth-order valence-electron chi connectivity index (χ4n) is 1.55. The van der Waals surface area contributed by atoms with E-state index in [4.69, 9.17) is 9.05 Å². The molecule has 2 aromatic rings. The predicted molar refractivity (Wildman–Crippen MR) is 73.4 cm³/mol. The number of benzene rings is 2. The van der Waals surface area contributed by atoms with Gasteiger partial charge in [-0.15, -0.1) is 9.05 Å². The van der Waals surface area contributed by atoms with E-state index in [9.17, 15) is 14.8 Å². The zero-order valence-electron chi connectivity index (χ0n) is 10.6. The molecule has 20 heavy (non-hydrogen) atoms. The van der Waals surface area contributed by atoms with Crippen LogP contribution in [-0.2, 0) is 26.8 Å². The lowest BCUT2D eigenvalue weighted by Gasteiger charge is -2.00. The molecule has 5 nitrogen and oxygen atoms in total. The highest BCUT2D eigenvalue weighted by molar-refractivity contribution is 7.33. The Labute approximate surface area is 117 Å². The van der Waals surface area contributed by atoms with E-state index in [2.05, 4.69) is 0 Å². The number of aromatic hydroxyl groups is 2. The lowest BCUT2D eigenvalue weighted by molar-refractivity contribution is 0.209. The first-order valence-electron chi connectivity index (χ1n) is 5.93. The quantitative estimate of drug-likeness (QED) is 0.797. The number of para-hydroxylation sites is 2. The van der Waals surface area contributed by atoms with Crippen molar-refractivity contribution in [3.05, 3.63) is 59.7 Å². The first-order chi connectivity index (χ1) is 9.66. The summed E-state index contributed by atoms with van der Waals surface area (Å²) >= 11 is 0.